The number of carbonyl (C=O) groups is 1. The Morgan fingerprint density at radius 1 is 1.33 bits per heavy atom. The van der Waals surface area contributed by atoms with Gasteiger partial charge in [0.15, 0.2) is 0 Å². The molecule has 0 radical (unpaired) electrons. The molecule has 0 aromatic rings. The van der Waals surface area contributed by atoms with Crippen molar-refractivity contribution in [2.45, 2.75) is 51.0 Å². The maximum atomic E-state index is 11.7. The summed E-state index contributed by atoms with van der Waals surface area (Å²) in [7, 11) is 0. The van der Waals surface area contributed by atoms with Crippen molar-refractivity contribution in [2.24, 2.45) is 11.8 Å². The van der Waals surface area contributed by atoms with Crippen molar-refractivity contribution in [1.29, 1.82) is 0 Å². The van der Waals surface area contributed by atoms with Gasteiger partial charge in [-0.2, -0.15) is 0 Å². The molecule has 0 saturated heterocycles. The van der Waals surface area contributed by atoms with Gasteiger partial charge in [0.05, 0.1) is 5.60 Å². The van der Waals surface area contributed by atoms with Crippen LogP contribution in [0.3, 0.4) is 0 Å². The molecule has 2 rings (SSSR count). The summed E-state index contributed by atoms with van der Waals surface area (Å²) >= 11 is 0. The van der Waals surface area contributed by atoms with Crippen LogP contribution in [0.4, 0.5) is 0 Å². The molecule has 0 spiro atoms. The van der Waals surface area contributed by atoms with Gasteiger partial charge in [0, 0.05) is 12.5 Å². The highest BCUT2D eigenvalue weighted by Gasteiger charge is 2.40. The van der Waals surface area contributed by atoms with Gasteiger partial charge in [-0.1, -0.05) is 12.8 Å². The van der Waals surface area contributed by atoms with Gasteiger partial charge in [-0.15, -0.1) is 0 Å². The van der Waals surface area contributed by atoms with E-state index in [0.29, 0.717) is 12.5 Å². The van der Waals surface area contributed by atoms with E-state index < -0.39 is 5.60 Å². The van der Waals surface area contributed by atoms with Crippen molar-refractivity contribution in [1.82, 2.24) is 5.32 Å². The summed E-state index contributed by atoms with van der Waals surface area (Å²) in [5, 5.41) is 12.9. The Morgan fingerprint density at radius 3 is 2.47 bits per heavy atom. The molecule has 2 aliphatic carbocycles. The minimum atomic E-state index is -0.686. The fraction of sp³-hybridized carbons (Fsp3) is 0.917. The zero-order valence-corrected chi connectivity index (χ0v) is 9.46. The van der Waals surface area contributed by atoms with Crippen LogP contribution in [0.1, 0.15) is 45.4 Å². The monoisotopic (exact) mass is 211 g/mol. The molecule has 0 aliphatic heterocycles. The third-order valence-electron chi connectivity index (χ3n) is 3.80. The Balaban J connectivity index is 1.74. The Hall–Kier alpha value is -0.570. The Morgan fingerprint density at radius 2 is 1.93 bits per heavy atom. The summed E-state index contributed by atoms with van der Waals surface area (Å²) in [6, 6.07) is 0. The van der Waals surface area contributed by atoms with E-state index in [2.05, 4.69) is 5.32 Å². The quantitative estimate of drug-likeness (QED) is 0.739. The normalized spacial score (nSPS) is 26.3. The summed E-state index contributed by atoms with van der Waals surface area (Å²) in [5.41, 5.74) is -0.686. The minimum absolute atomic E-state index is 0.147. The molecular weight excluding hydrogens is 190 g/mol. The summed E-state index contributed by atoms with van der Waals surface area (Å²) < 4.78 is 0. The van der Waals surface area contributed by atoms with E-state index in [0.717, 1.165) is 25.7 Å². The second kappa shape index (κ2) is 4.12. The highest BCUT2D eigenvalue weighted by atomic mass is 16.3. The van der Waals surface area contributed by atoms with E-state index in [1.165, 1.54) is 12.8 Å². The second-order valence-corrected chi connectivity index (χ2v) is 5.33. The smallest absolute Gasteiger partial charge is 0.223 e. The minimum Gasteiger partial charge on any atom is -0.388 e. The first-order valence-corrected chi connectivity index (χ1v) is 6.10. The maximum Gasteiger partial charge on any atom is 0.223 e. The lowest BCUT2D eigenvalue weighted by Crippen LogP contribution is -2.43. The summed E-state index contributed by atoms with van der Waals surface area (Å²) in [5.74, 6) is 0.759. The number of rotatable bonds is 4. The average Bonchev–Trinajstić information content (AvgIpc) is 2.92. The molecule has 15 heavy (non-hydrogen) atoms. The van der Waals surface area contributed by atoms with Crippen molar-refractivity contribution in [2.75, 3.05) is 6.54 Å². The van der Waals surface area contributed by atoms with Gasteiger partial charge in [0.25, 0.3) is 0 Å². The molecule has 2 saturated carbocycles. The number of amides is 1. The van der Waals surface area contributed by atoms with Crippen molar-refractivity contribution < 1.29 is 9.90 Å². The van der Waals surface area contributed by atoms with Crippen molar-refractivity contribution >= 4 is 5.91 Å². The summed E-state index contributed by atoms with van der Waals surface area (Å²) in [6.07, 6.45) is 6.61. The molecule has 2 N–H and O–H groups in total. The topological polar surface area (TPSA) is 49.3 Å². The Labute approximate surface area is 91.2 Å². The Kier molecular flexibility index (Phi) is 3.01. The van der Waals surface area contributed by atoms with Crippen LogP contribution >= 0.6 is 0 Å². The molecule has 1 atom stereocenters. The van der Waals surface area contributed by atoms with Gasteiger partial charge >= 0.3 is 0 Å². The van der Waals surface area contributed by atoms with Crippen LogP contribution < -0.4 is 5.32 Å². The van der Waals surface area contributed by atoms with Crippen molar-refractivity contribution in [3.8, 4) is 0 Å². The molecule has 0 heterocycles. The maximum absolute atomic E-state index is 11.7. The van der Waals surface area contributed by atoms with E-state index in [1.54, 1.807) is 0 Å². The van der Waals surface area contributed by atoms with Crippen LogP contribution in [-0.4, -0.2) is 23.2 Å². The van der Waals surface area contributed by atoms with Crippen LogP contribution in [0.15, 0.2) is 0 Å². The van der Waals surface area contributed by atoms with E-state index in [1.807, 2.05) is 6.92 Å². The predicted octanol–water partition coefficient (Wildman–Crippen LogP) is 1.45. The number of aliphatic hydroxyl groups is 1. The van der Waals surface area contributed by atoms with Crippen molar-refractivity contribution in [3.63, 3.8) is 0 Å². The first kappa shape index (κ1) is 10.9. The van der Waals surface area contributed by atoms with Crippen LogP contribution in [0.2, 0.25) is 0 Å². The van der Waals surface area contributed by atoms with E-state index in [-0.39, 0.29) is 11.8 Å². The second-order valence-electron chi connectivity index (χ2n) is 5.33. The van der Waals surface area contributed by atoms with Crippen LogP contribution in [0.25, 0.3) is 0 Å². The molecular formula is C12H21NO2. The van der Waals surface area contributed by atoms with Crippen LogP contribution in [0.5, 0.6) is 0 Å². The number of hydrogen-bond donors (Lipinski definition) is 2. The molecule has 3 nitrogen and oxygen atoms in total. The lowest BCUT2D eigenvalue weighted by atomic mass is 10.00. The van der Waals surface area contributed by atoms with Gasteiger partial charge in [-0.05, 0) is 38.5 Å². The van der Waals surface area contributed by atoms with Crippen LogP contribution in [-0.2, 0) is 4.79 Å². The van der Waals surface area contributed by atoms with E-state index >= 15 is 0 Å². The fourth-order valence-corrected chi connectivity index (χ4v) is 2.45. The Bertz CT molecular complexity index is 240. The number of carbonyl (C=O) groups excluding carboxylic acids is 1. The van der Waals surface area contributed by atoms with Gasteiger partial charge < -0.3 is 10.4 Å². The van der Waals surface area contributed by atoms with Gasteiger partial charge in [-0.25, -0.2) is 0 Å². The largest absolute Gasteiger partial charge is 0.388 e. The SMILES string of the molecule is C[C@@](O)(CNC(=O)C1CCCC1)C1CC1. The molecule has 86 valence electrons. The first-order valence-electron chi connectivity index (χ1n) is 6.10. The summed E-state index contributed by atoms with van der Waals surface area (Å²) in [6.45, 7) is 2.26. The molecule has 2 fully saturated rings. The highest BCUT2D eigenvalue weighted by Crippen LogP contribution is 2.39. The third kappa shape index (κ3) is 2.71. The zero-order valence-electron chi connectivity index (χ0n) is 9.46. The highest BCUT2D eigenvalue weighted by molar-refractivity contribution is 5.78. The molecule has 1 amide bonds. The summed E-state index contributed by atoms with van der Waals surface area (Å²) in [4.78, 5) is 11.7. The molecule has 0 aromatic heterocycles. The van der Waals surface area contributed by atoms with Gasteiger partial charge in [0.1, 0.15) is 0 Å². The number of hydrogen-bond acceptors (Lipinski definition) is 2. The molecule has 2 aliphatic rings. The fourth-order valence-electron chi connectivity index (χ4n) is 2.45. The van der Waals surface area contributed by atoms with Crippen molar-refractivity contribution in [3.05, 3.63) is 0 Å². The number of nitrogens with one attached hydrogen (secondary N) is 1. The average molecular weight is 211 g/mol. The molecule has 0 unspecified atom stereocenters. The third-order valence-corrected chi connectivity index (χ3v) is 3.80. The predicted molar refractivity (Wildman–Crippen MR) is 58.3 cm³/mol. The lowest BCUT2D eigenvalue weighted by Gasteiger charge is -2.24. The van der Waals surface area contributed by atoms with E-state index in [4.69, 9.17) is 0 Å². The van der Waals surface area contributed by atoms with E-state index in [9.17, 15) is 9.90 Å². The molecule has 0 bridgehead atoms. The molecule has 0 aromatic carbocycles. The standard InChI is InChI=1S/C12H21NO2/c1-12(15,10-6-7-10)8-13-11(14)9-4-2-3-5-9/h9-10,15H,2-8H2,1H3,(H,13,14)/t12-/m1/s1. The zero-order chi connectivity index (χ0) is 10.9. The van der Waals surface area contributed by atoms with Gasteiger partial charge in [0.2, 0.25) is 5.91 Å². The van der Waals surface area contributed by atoms with Crippen LogP contribution in [0, 0.1) is 11.8 Å². The lowest BCUT2D eigenvalue weighted by molar-refractivity contribution is -0.126. The first-order chi connectivity index (χ1) is 7.09. The van der Waals surface area contributed by atoms with Gasteiger partial charge in [-0.3, -0.25) is 4.79 Å². The molecule has 3 heteroatoms.